The molecular formula is C28H41NO. The Bertz CT molecular complexity index is 746. The Kier molecular flexibility index (Phi) is 15.8. The molecule has 164 valence electrons. The van der Waals surface area contributed by atoms with Crippen LogP contribution in [0, 0.1) is 12.8 Å². The molecule has 1 N–H and O–H groups in total. The van der Waals surface area contributed by atoms with Crippen LogP contribution in [0.25, 0.3) is 0 Å². The molecule has 0 heterocycles. The highest BCUT2D eigenvalue weighted by atomic mass is 16.1. The number of Topliss-reactive ketones (excluding diaryl/α,β-unsaturated/α-hetero) is 1. The van der Waals surface area contributed by atoms with Gasteiger partial charge in [0.25, 0.3) is 0 Å². The van der Waals surface area contributed by atoms with Crippen molar-refractivity contribution in [2.24, 2.45) is 5.92 Å². The molecule has 30 heavy (non-hydrogen) atoms. The highest BCUT2D eigenvalue weighted by Crippen LogP contribution is 2.09. The lowest BCUT2D eigenvalue weighted by Crippen LogP contribution is -2.07. The third-order valence-corrected chi connectivity index (χ3v) is 5.06. The van der Waals surface area contributed by atoms with Crippen LogP contribution in [0.15, 0.2) is 79.1 Å². The fourth-order valence-corrected chi connectivity index (χ4v) is 2.76. The number of carbonyl (C=O) groups is 1. The van der Waals surface area contributed by atoms with Crippen LogP contribution in [-0.4, -0.2) is 5.78 Å². The van der Waals surface area contributed by atoms with E-state index in [-0.39, 0.29) is 11.7 Å². The van der Waals surface area contributed by atoms with Crippen molar-refractivity contribution in [3.63, 3.8) is 0 Å². The number of allylic oxidation sites excluding steroid dienone is 2. The summed E-state index contributed by atoms with van der Waals surface area (Å²) in [5.74, 6) is 0.483. The first-order valence-electron chi connectivity index (χ1n) is 11.0. The molecule has 2 rings (SSSR count). The minimum absolute atomic E-state index is 0.195. The Labute approximate surface area is 185 Å². The number of ketones is 1. The number of hydrogen-bond acceptors (Lipinski definition) is 2. The van der Waals surface area contributed by atoms with Gasteiger partial charge in [0, 0.05) is 11.6 Å². The van der Waals surface area contributed by atoms with Crippen molar-refractivity contribution < 1.29 is 4.79 Å². The number of aryl methyl sites for hydroxylation is 3. The first-order chi connectivity index (χ1) is 14.4. The van der Waals surface area contributed by atoms with E-state index in [2.05, 4.69) is 69.1 Å². The molecule has 1 unspecified atom stereocenters. The van der Waals surface area contributed by atoms with Crippen molar-refractivity contribution in [3.05, 3.63) is 95.8 Å². The number of benzene rings is 2. The fraction of sp³-hybridized carbons (Fsp3) is 0.393. The number of carbonyl (C=O) groups excluding carboxylic acids is 1. The molecule has 0 spiro atoms. The van der Waals surface area contributed by atoms with Crippen molar-refractivity contribution >= 4 is 5.78 Å². The van der Waals surface area contributed by atoms with E-state index in [0.29, 0.717) is 0 Å². The van der Waals surface area contributed by atoms with Crippen molar-refractivity contribution in [1.82, 2.24) is 5.32 Å². The van der Waals surface area contributed by atoms with E-state index in [4.69, 9.17) is 0 Å². The van der Waals surface area contributed by atoms with E-state index in [0.717, 1.165) is 25.7 Å². The first-order valence-corrected chi connectivity index (χ1v) is 11.0. The molecule has 2 nitrogen and oxygen atoms in total. The molecule has 2 heteroatoms. The second-order valence-electron chi connectivity index (χ2n) is 7.33. The van der Waals surface area contributed by atoms with Crippen LogP contribution in [-0.2, 0) is 17.6 Å². The van der Waals surface area contributed by atoms with Crippen LogP contribution in [0.3, 0.4) is 0 Å². The zero-order valence-electron chi connectivity index (χ0n) is 19.9. The fourth-order valence-electron chi connectivity index (χ4n) is 2.76. The summed E-state index contributed by atoms with van der Waals surface area (Å²) in [6.45, 7) is 15.6. The Morgan fingerprint density at radius 1 is 1.07 bits per heavy atom. The summed E-state index contributed by atoms with van der Waals surface area (Å²) < 4.78 is 0. The highest BCUT2D eigenvalue weighted by Gasteiger charge is 2.06. The Hall–Kier alpha value is -2.61. The number of nitrogens with one attached hydrogen (secondary N) is 1. The van der Waals surface area contributed by atoms with Gasteiger partial charge in [-0.1, -0.05) is 88.0 Å². The monoisotopic (exact) mass is 407 g/mol. The summed E-state index contributed by atoms with van der Waals surface area (Å²) in [6, 6.07) is 18.8. The molecule has 0 aliphatic heterocycles. The molecule has 0 amide bonds. The second kappa shape index (κ2) is 17.3. The Morgan fingerprint density at radius 3 is 2.07 bits per heavy atom. The molecule has 2 aromatic carbocycles. The van der Waals surface area contributed by atoms with E-state index < -0.39 is 0 Å². The molecule has 0 radical (unpaired) electrons. The second-order valence-corrected chi connectivity index (χ2v) is 7.33. The average Bonchev–Trinajstić information content (AvgIpc) is 2.77. The highest BCUT2D eigenvalue weighted by molar-refractivity contribution is 5.77. The summed E-state index contributed by atoms with van der Waals surface area (Å²) >= 11 is 0. The molecule has 0 fully saturated rings. The van der Waals surface area contributed by atoms with Gasteiger partial charge in [0.05, 0.1) is 0 Å². The van der Waals surface area contributed by atoms with Gasteiger partial charge in [-0.3, -0.25) is 4.79 Å². The molecule has 0 aromatic heterocycles. The van der Waals surface area contributed by atoms with E-state index in [1.807, 2.05) is 38.1 Å². The lowest BCUT2D eigenvalue weighted by atomic mass is 9.98. The van der Waals surface area contributed by atoms with Crippen LogP contribution in [0.2, 0.25) is 0 Å². The van der Waals surface area contributed by atoms with Gasteiger partial charge < -0.3 is 5.32 Å². The standard InChI is InChI=1S/C12H16O.C9H12.C7H13N/c1-10(11(2)13)8-9-12-6-4-3-5-7-12;1-3-9-7-5-4-6-8(9)2;1-4-7(5-2)8-6-3/h3-7,10H,8-9H2,1-2H3;4-7H,3H2,1-2H3;4,6,8H,3,5H2,1-2H3/b;;7-4-. The van der Waals surface area contributed by atoms with Gasteiger partial charge in [-0.05, 0) is 69.3 Å². The molecule has 1 atom stereocenters. The molecule has 0 aliphatic rings. The van der Waals surface area contributed by atoms with Crippen LogP contribution >= 0.6 is 0 Å². The third kappa shape index (κ3) is 12.8. The molecule has 0 aliphatic carbocycles. The molecule has 2 aromatic rings. The summed E-state index contributed by atoms with van der Waals surface area (Å²) in [4.78, 5) is 11.0. The number of hydrogen-bond donors (Lipinski definition) is 1. The first kappa shape index (κ1) is 27.4. The van der Waals surface area contributed by atoms with E-state index in [1.165, 1.54) is 22.4 Å². The summed E-state index contributed by atoms with van der Waals surface area (Å²) in [6.07, 6.45) is 7.89. The maximum Gasteiger partial charge on any atom is 0.132 e. The average molecular weight is 408 g/mol. The predicted octanol–water partition coefficient (Wildman–Crippen LogP) is 7.44. The van der Waals surface area contributed by atoms with E-state index in [9.17, 15) is 4.79 Å². The third-order valence-electron chi connectivity index (χ3n) is 5.06. The molecule has 0 saturated heterocycles. The lowest BCUT2D eigenvalue weighted by molar-refractivity contribution is -0.120. The number of rotatable bonds is 8. The molecular weight excluding hydrogens is 366 g/mol. The molecule has 0 bridgehead atoms. The van der Waals surface area contributed by atoms with Gasteiger partial charge in [-0.15, -0.1) is 0 Å². The Morgan fingerprint density at radius 2 is 1.67 bits per heavy atom. The zero-order valence-corrected chi connectivity index (χ0v) is 19.9. The Balaban J connectivity index is 0.000000438. The minimum atomic E-state index is 0.195. The van der Waals surface area contributed by atoms with Crippen molar-refractivity contribution in [3.8, 4) is 0 Å². The topological polar surface area (TPSA) is 29.1 Å². The van der Waals surface area contributed by atoms with Crippen LogP contribution in [0.5, 0.6) is 0 Å². The summed E-state index contributed by atoms with van der Waals surface area (Å²) in [5.41, 5.74) is 5.40. The van der Waals surface area contributed by atoms with Gasteiger partial charge in [0.1, 0.15) is 5.78 Å². The van der Waals surface area contributed by atoms with Gasteiger partial charge in [0.2, 0.25) is 0 Å². The SMILES string of the molecule is C=CN/C(=C\C)CC.CC(=O)C(C)CCc1ccccc1.CCc1ccccc1C. The van der Waals surface area contributed by atoms with E-state index in [1.54, 1.807) is 13.1 Å². The maximum absolute atomic E-state index is 11.0. The predicted molar refractivity (Wildman–Crippen MR) is 133 cm³/mol. The van der Waals surface area contributed by atoms with Gasteiger partial charge in [-0.25, -0.2) is 0 Å². The van der Waals surface area contributed by atoms with Gasteiger partial charge in [0.15, 0.2) is 0 Å². The van der Waals surface area contributed by atoms with E-state index >= 15 is 0 Å². The van der Waals surface area contributed by atoms with Crippen molar-refractivity contribution in [2.75, 3.05) is 0 Å². The quantitative estimate of drug-likeness (QED) is 0.493. The van der Waals surface area contributed by atoms with Crippen LogP contribution in [0.1, 0.15) is 64.2 Å². The summed E-state index contributed by atoms with van der Waals surface area (Å²) in [5, 5.41) is 3.01. The lowest BCUT2D eigenvalue weighted by Gasteiger charge is -2.06. The van der Waals surface area contributed by atoms with Crippen molar-refractivity contribution in [2.45, 2.75) is 67.2 Å². The normalized spacial score (nSPS) is 11.2. The minimum Gasteiger partial charge on any atom is -0.366 e. The largest absolute Gasteiger partial charge is 0.366 e. The summed E-state index contributed by atoms with van der Waals surface area (Å²) in [7, 11) is 0. The zero-order chi connectivity index (χ0) is 22.8. The molecule has 0 saturated carbocycles. The maximum atomic E-state index is 11.0. The van der Waals surface area contributed by atoms with Crippen LogP contribution < -0.4 is 5.32 Å². The smallest absolute Gasteiger partial charge is 0.132 e. The van der Waals surface area contributed by atoms with Gasteiger partial charge in [-0.2, -0.15) is 0 Å². The van der Waals surface area contributed by atoms with Crippen molar-refractivity contribution in [1.29, 1.82) is 0 Å². The van der Waals surface area contributed by atoms with Crippen LogP contribution in [0.4, 0.5) is 0 Å². The van der Waals surface area contributed by atoms with Gasteiger partial charge >= 0.3 is 0 Å².